The van der Waals surface area contributed by atoms with Gasteiger partial charge in [-0.05, 0) is 45.7 Å². The van der Waals surface area contributed by atoms with Crippen LogP contribution in [0.4, 0.5) is 4.79 Å². The molecule has 0 bridgehead atoms. The molecule has 0 radical (unpaired) electrons. The van der Waals surface area contributed by atoms with Crippen molar-refractivity contribution < 1.29 is 9.53 Å². The molecule has 140 valence electrons. The molecule has 1 atom stereocenters. The summed E-state index contributed by atoms with van der Waals surface area (Å²) < 4.78 is 7.44. The Bertz CT molecular complexity index is 793. The topological polar surface area (TPSA) is 73.1 Å². The third-order valence-electron chi connectivity index (χ3n) is 4.56. The SMILES string of the molecule is CCc1ncccc1C(C)n1nnc2c1CCN(C(=O)OC(C)(C)C)C2. The number of rotatable bonds is 3. The van der Waals surface area contributed by atoms with E-state index in [1.165, 1.54) is 0 Å². The van der Waals surface area contributed by atoms with Crippen molar-refractivity contribution in [2.45, 2.75) is 65.6 Å². The Balaban J connectivity index is 1.80. The lowest BCUT2D eigenvalue weighted by atomic mass is 10.0. The zero-order valence-corrected chi connectivity index (χ0v) is 16.2. The molecule has 1 amide bonds. The number of pyridine rings is 1. The standard InChI is InChI=1S/C19H27N5O2/c1-6-15-14(8-7-10-20-15)13(2)24-17-9-11-23(12-16(17)21-22-24)18(25)26-19(3,4)5/h7-8,10,13H,6,9,11-12H2,1-5H3. The summed E-state index contributed by atoms with van der Waals surface area (Å²) in [5, 5.41) is 8.71. The second-order valence-electron chi connectivity index (χ2n) is 7.65. The number of carbonyl (C=O) groups excluding carboxylic acids is 1. The van der Waals surface area contributed by atoms with E-state index in [0.717, 1.165) is 29.1 Å². The Labute approximate surface area is 154 Å². The maximum Gasteiger partial charge on any atom is 0.410 e. The first-order valence-corrected chi connectivity index (χ1v) is 9.14. The number of aromatic nitrogens is 4. The van der Waals surface area contributed by atoms with Crippen molar-refractivity contribution in [1.29, 1.82) is 0 Å². The molecule has 0 aliphatic carbocycles. The van der Waals surface area contributed by atoms with Gasteiger partial charge in [0.1, 0.15) is 11.3 Å². The molecule has 2 aromatic heterocycles. The van der Waals surface area contributed by atoms with Crippen molar-refractivity contribution in [2.24, 2.45) is 0 Å². The van der Waals surface area contributed by atoms with Gasteiger partial charge < -0.3 is 9.64 Å². The quantitative estimate of drug-likeness (QED) is 0.844. The molecule has 1 unspecified atom stereocenters. The predicted molar refractivity (Wildman–Crippen MR) is 97.8 cm³/mol. The lowest BCUT2D eigenvalue weighted by Gasteiger charge is -2.30. The summed E-state index contributed by atoms with van der Waals surface area (Å²) in [5.74, 6) is 0. The Hall–Kier alpha value is -2.44. The Morgan fingerprint density at radius 2 is 2.15 bits per heavy atom. The number of carbonyl (C=O) groups is 1. The van der Waals surface area contributed by atoms with Gasteiger partial charge in [-0.3, -0.25) is 4.98 Å². The van der Waals surface area contributed by atoms with Crippen LogP contribution in [0.25, 0.3) is 0 Å². The maximum absolute atomic E-state index is 12.3. The molecule has 2 aromatic rings. The summed E-state index contributed by atoms with van der Waals surface area (Å²) in [7, 11) is 0. The minimum absolute atomic E-state index is 0.0583. The highest BCUT2D eigenvalue weighted by molar-refractivity contribution is 5.68. The Morgan fingerprint density at radius 1 is 1.38 bits per heavy atom. The van der Waals surface area contributed by atoms with E-state index in [9.17, 15) is 4.79 Å². The summed E-state index contributed by atoms with van der Waals surface area (Å²) in [5.41, 5.74) is 3.67. The van der Waals surface area contributed by atoms with E-state index in [1.807, 2.05) is 37.7 Å². The predicted octanol–water partition coefficient (Wildman–Crippen LogP) is 3.14. The van der Waals surface area contributed by atoms with E-state index in [2.05, 4.69) is 35.2 Å². The number of amides is 1. The highest BCUT2D eigenvalue weighted by Crippen LogP contribution is 2.26. The number of hydrogen-bond acceptors (Lipinski definition) is 5. The molecule has 1 aliphatic heterocycles. The number of nitrogens with zero attached hydrogens (tertiary/aromatic N) is 5. The van der Waals surface area contributed by atoms with Crippen LogP contribution in [-0.4, -0.2) is 43.1 Å². The van der Waals surface area contributed by atoms with E-state index < -0.39 is 5.60 Å². The molecular weight excluding hydrogens is 330 g/mol. The average molecular weight is 357 g/mol. The fourth-order valence-electron chi connectivity index (χ4n) is 3.28. The van der Waals surface area contributed by atoms with E-state index in [0.29, 0.717) is 19.5 Å². The third-order valence-corrected chi connectivity index (χ3v) is 4.56. The normalized spacial score (nSPS) is 15.5. The van der Waals surface area contributed by atoms with Crippen LogP contribution in [0, 0.1) is 0 Å². The van der Waals surface area contributed by atoms with Crippen LogP contribution in [0.15, 0.2) is 18.3 Å². The average Bonchev–Trinajstić information content (AvgIpc) is 3.02. The highest BCUT2D eigenvalue weighted by Gasteiger charge is 2.30. The van der Waals surface area contributed by atoms with Gasteiger partial charge in [0.15, 0.2) is 0 Å². The molecule has 3 rings (SSSR count). The van der Waals surface area contributed by atoms with E-state index in [-0.39, 0.29) is 12.1 Å². The van der Waals surface area contributed by atoms with Crippen LogP contribution in [0.5, 0.6) is 0 Å². The van der Waals surface area contributed by atoms with E-state index >= 15 is 0 Å². The first-order valence-electron chi connectivity index (χ1n) is 9.14. The van der Waals surface area contributed by atoms with Gasteiger partial charge in [0, 0.05) is 24.9 Å². The number of ether oxygens (including phenoxy) is 1. The monoisotopic (exact) mass is 357 g/mol. The van der Waals surface area contributed by atoms with E-state index in [4.69, 9.17) is 4.74 Å². The van der Waals surface area contributed by atoms with Gasteiger partial charge in [0.2, 0.25) is 0 Å². The minimum Gasteiger partial charge on any atom is -0.444 e. The molecule has 26 heavy (non-hydrogen) atoms. The van der Waals surface area contributed by atoms with Gasteiger partial charge >= 0.3 is 6.09 Å². The summed E-state index contributed by atoms with van der Waals surface area (Å²) in [6, 6.07) is 4.11. The van der Waals surface area contributed by atoms with Crippen molar-refractivity contribution in [1.82, 2.24) is 24.9 Å². The third kappa shape index (κ3) is 3.71. The lowest BCUT2D eigenvalue weighted by Crippen LogP contribution is -2.40. The Kier molecular flexibility index (Phi) is 4.98. The van der Waals surface area contributed by atoms with Crippen LogP contribution >= 0.6 is 0 Å². The number of hydrogen-bond donors (Lipinski definition) is 0. The molecule has 7 heteroatoms. The lowest BCUT2D eigenvalue weighted by molar-refractivity contribution is 0.0220. The van der Waals surface area contributed by atoms with Crippen LogP contribution < -0.4 is 0 Å². The van der Waals surface area contributed by atoms with Gasteiger partial charge in [-0.25, -0.2) is 9.48 Å². The van der Waals surface area contributed by atoms with Gasteiger partial charge in [0.05, 0.1) is 18.3 Å². The van der Waals surface area contributed by atoms with Crippen molar-refractivity contribution in [2.75, 3.05) is 6.54 Å². The van der Waals surface area contributed by atoms with Crippen LogP contribution in [0.1, 0.15) is 63.3 Å². The van der Waals surface area contributed by atoms with Crippen LogP contribution in [-0.2, 0) is 24.1 Å². The van der Waals surface area contributed by atoms with Crippen molar-refractivity contribution in [3.8, 4) is 0 Å². The Morgan fingerprint density at radius 3 is 2.85 bits per heavy atom. The fourth-order valence-corrected chi connectivity index (χ4v) is 3.28. The second-order valence-corrected chi connectivity index (χ2v) is 7.65. The molecule has 1 aliphatic rings. The second kappa shape index (κ2) is 7.05. The van der Waals surface area contributed by atoms with Crippen molar-refractivity contribution in [3.63, 3.8) is 0 Å². The molecule has 0 N–H and O–H groups in total. The van der Waals surface area contributed by atoms with Crippen LogP contribution in [0.3, 0.4) is 0 Å². The fraction of sp³-hybridized carbons (Fsp3) is 0.579. The largest absolute Gasteiger partial charge is 0.444 e. The van der Waals surface area contributed by atoms with E-state index in [1.54, 1.807) is 4.90 Å². The molecule has 7 nitrogen and oxygen atoms in total. The molecule has 3 heterocycles. The zero-order valence-electron chi connectivity index (χ0n) is 16.2. The zero-order chi connectivity index (χ0) is 18.9. The molecule has 0 fully saturated rings. The molecule has 0 saturated heterocycles. The summed E-state index contributed by atoms with van der Waals surface area (Å²) in [6.07, 6.45) is 3.12. The number of fused-ring (bicyclic) bond motifs is 1. The van der Waals surface area contributed by atoms with Crippen molar-refractivity contribution >= 4 is 6.09 Å². The van der Waals surface area contributed by atoms with Gasteiger partial charge in [-0.2, -0.15) is 0 Å². The number of aryl methyl sites for hydroxylation is 1. The van der Waals surface area contributed by atoms with Crippen molar-refractivity contribution in [3.05, 3.63) is 41.0 Å². The van der Waals surface area contributed by atoms with Crippen LogP contribution in [0.2, 0.25) is 0 Å². The molecule has 0 saturated carbocycles. The first-order chi connectivity index (χ1) is 12.3. The smallest absolute Gasteiger partial charge is 0.410 e. The van der Waals surface area contributed by atoms with Gasteiger partial charge in [0.25, 0.3) is 0 Å². The molecular formula is C19H27N5O2. The molecule has 0 aromatic carbocycles. The maximum atomic E-state index is 12.3. The summed E-state index contributed by atoms with van der Waals surface area (Å²) in [6.45, 7) is 10.9. The first kappa shape index (κ1) is 18.4. The minimum atomic E-state index is -0.500. The summed E-state index contributed by atoms with van der Waals surface area (Å²) >= 11 is 0. The molecule has 0 spiro atoms. The highest BCUT2D eigenvalue weighted by atomic mass is 16.6. The van der Waals surface area contributed by atoms with Gasteiger partial charge in [-0.1, -0.05) is 18.2 Å². The summed E-state index contributed by atoms with van der Waals surface area (Å²) in [4.78, 5) is 18.5. The van der Waals surface area contributed by atoms with Gasteiger partial charge in [-0.15, -0.1) is 5.10 Å².